The Kier molecular flexibility index (Phi) is 4.59. The molecule has 0 spiro atoms. The van der Waals surface area contributed by atoms with E-state index in [2.05, 4.69) is 20.9 Å². The van der Waals surface area contributed by atoms with E-state index in [1.807, 2.05) is 0 Å². The van der Waals surface area contributed by atoms with Gasteiger partial charge in [0, 0.05) is 4.47 Å². The van der Waals surface area contributed by atoms with E-state index in [-0.39, 0.29) is 27.4 Å². The van der Waals surface area contributed by atoms with Crippen LogP contribution < -0.4 is 5.73 Å². The van der Waals surface area contributed by atoms with Gasteiger partial charge in [-0.15, -0.1) is 11.6 Å². The molecule has 0 aliphatic heterocycles. The summed E-state index contributed by atoms with van der Waals surface area (Å²) >= 11 is 8.31. The fraction of sp³-hybridized carbons (Fsp3) is 0.200. The van der Waals surface area contributed by atoms with Crippen molar-refractivity contribution in [1.82, 2.24) is 0 Å². The molecule has 0 saturated heterocycles. The smallest absolute Gasteiger partial charge is 0.386 e. The van der Waals surface area contributed by atoms with Gasteiger partial charge in [0.15, 0.2) is 0 Å². The molecule has 18 heavy (non-hydrogen) atoms. The lowest BCUT2D eigenvalue weighted by atomic mass is 10.1. The minimum atomic E-state index is -4.64. The molecule has 1 aromatic rings. The molecule has 3 nitrogen and oxygen atoms in total. The van der Waals surface area contributed by atoms with E-state index in [4.69, 9.17) is 22.6 Å². The van der Waals surface area contributed by atoms with E-state index < -0.39 is 11.7 Å². The molecule has 0 heterocycles. The van der Waals surface area contributed by atoms with Crippen LogP contribution in [0.5, 0.6) is 0 Å². The molecule has 0 amide bonds. The maximum Gasteiger partial charge on any atom is 0.418 e. The summed E-state index contributed by atoms with van der Waals surface area (Å²) in [7, 11) is 0. The van der Waals surface area contributed by atoms with Crippen LogP contribution in [0.1, 0.15) is 11.1 Å². The summed E-state index contributed by atoms with van der Waals surface area (Å²) < 4.78 is 38.5. The van der Waals surface area contributed by atoms with E-state index in [9.17, 15) is 13.2 Å². The summed E-state index contributed by atoms with van der Waals surface area (Å²) in [4.78, 5) is 3.61. The number of hydrogen-bond acceptors (Lipinski definition) is 2. The Labute approximate surface area is 114 Å². The second-order valence-corrected chi connectivity index (χ2v) is 4.32. The molecule has 0 atom stereocenters. The molecule has 0 fully saturated rings. The third-order valence-corrected chi connectivity index (χ3v) is 2.77. The van der Waals surface area contributed by atoms with Crippen molar-refractivity contribution in [3.63, 3.8) is 0 Å². The lowest BCUT2D eigenvalue weighted by molar-refractivity contribution is -0.137. The highest BCUT2D eigenvalue weighted by Crippen LogP contribution is 2.41. The molecule has 0 unspecified atom stereocenters. The number of nitriles is 1. The summed E-state index contributed by atoms with van der Waals surface area (Å²) in [6.45, 7) is 0. The second-order valence-electron chi connectivity index (χ2n) is 3.20. The van der Waals surface area contributed by atoms with E-state index in [0.29, 0.717) is 6.07 Å². The number of aliphatic imine (C=N–C) groups is 1. The minimum Gasteiger partial charge on any atom is -0.386 e. The third kappa shape index (κ3) is 3.37. The topological polar surface area (TPSA) is 62.2 Å². The largest absolute Gasteiger partial charge is 0.418 e. The van der Waals surface area contributed by atoms with Crippen LogP contribution in [-0.4, -0.2) is 11.7 Å². The van der Waals surface area contributed by atoms with Crippen LogP contribution in [-0.2, 0) is 6.18 Å². The summed E-state index contributed by atoms with van der Waals surface area (Å²) in [6, 6.07) is 3.58. The molecule has 8 heteroatoms. The van der Waals surface area contributed by atoms with Crippen molar-refractivity contribution in [3.8, 4) is 6.07 Å². The Morgan fingerprint density at radius 2 is 2.11 bits per heavy atom. The Balaban J connectivity index is 3.55. The SMILES string of the molecule is N#Cc1cc(Br)c(N=C(N)CCl)c(C(F)(F)F)c1. The quantitative estimate of drug-likeness (QED) is 0.508. The highest BCUT2D eigenvalue weighted by molar-refractivity contribution is 9.10. The van der Waals surface area contributed by atoms with Gasteiger partial charge in [0.1, 0.15) is 5.84 Å². The highest BCUT2D eigenvalue weighted by atomic mass is 79.9. The zero-order valence-corrected chi connectivity index (χ0v) is 11.1. The minimum absolute atomic E-state index is 0.0296. The number of amidine groups is 1. The molecule has 96 valence electrons. The van der Waals surface area contributed by atoms with Gasteiger partial charge >= 0.3 is 6.18 Å². The number of nitrogens with two attached hydrogens (primary N) is 1. The highest BCUT2D eigenvalue weighted by Gasteiger charge is 2.35. The molecular weight excluding hydrogens is 334 g/mol. The first kappa shape index (κ1) is 14.8. The molecular formula is C10H6BrClF3N3. The second kappa shape index (κ2) is 5.59. The maximum absolute atomic E-state index is 12.8. The Hall–Kier alpha value is -1.26. The van der Waals surface area contributed by atoms with Gasteiger partial charge in [-0.05, 0) is 28.1 Å². The monoisotopic (exact) mass is 339 g/mol. The van der Waals surface area contributed by atoms with Gasteiger partial charge in [0.25, 0.3) is 0 Å². The zero-order chi connectivity index (χ0) is 13.9. The van der Waals surface area contributed by atoms with Crippen LogP contribution in [0.2, 0.25) is 0 Å². The molecule has 1 aromatic carbocycles. The summed E-state index contributed by atoms with van der Waals surface area (Å²) in [5, 5.41) is 8.65. The lowest BCUT2D eigenvalue weighted by Crippen LogP contribution is -2.14. The lowest BCUT2D eigenvalue weighted by Gasteiger charge is -2.12. The number of rotatable bonds is 2. The average molecular weight is 341 g/mol. The van der Waals surface area contributed by atoms with Crippen molar-refractivity contribution in [2.24, 2.45) is 10.7 Å². The Morgan fingerprint density at radius 3 is 2.56 bits per heavy atom. The molecule has 1 rings (SSSR count). The van der Waals surface area contributed by atoms with Crippen molar-refractivity contribution in [3.05, 3.63) is 27.7 Å². The molecule has 0 saturated carbocycles. The molecule has 0 aromatic heterocycles. The van der Waals surface area contributed by atoms with Gasteiger partial charge in [0.2, 0.25) is 0 Å². The molecule has 0 bridgehead atoms. The first-order chi connectivity index (χ1) is 8.29. The molecule has 0 aliphatic carbocycles. The van der Waals surface area contributed by atoms with E-state index >= 15 is 0 Å². The number of alkyl halides is 4. The number of nitrogens with zero attached hydrogens (tertiary/aromatic N) is 2. The first-order valence-corrected chi connectivity index (χ1v) is 5.82. The Bertz CT molecular complexity index is 534. The summed E-state index contributed by atoms with van der Waals surface area (Å²) in [5.74, 6) is -0.337. The standard InChI is InChI=1S/C10H6BrClF3N3/c11-7-2-5(4-16)1-6(10(13,14)15)9(7)18-8(17)3-12/h1-2H,3H2,(H2,17,18). The van der Waals surface area contributed by atoms with Crippen molar-refractivity contribution in [1.29, 1.82) is 5.26 Å². The molecule has 2 N–H and O–H groups in total. The summed E-state index contributed by atoms with van der Waals surface area (Å²) in [6.07, 6.45) is -4.64. The van der Waals surface area contributed by atoms with Crippen molar-refractivity contribution >= 4 is 39.1 Å². The van der Waals surface area contributed by atoms with Crippen molar-refractivity contribution in [2.45, 2.75) is 6.18 Å². The Morgan fingerprint density at radius 1 is 1.50 bits per heavy atom. The van der Waals surface area contributed by atoms with Gasteiger partial charge in [-0.1, -0.05) is 0 Å². The van der Waals surface area contributed by atoms with Crippen LogP contribution in [0.4, 0.5) is 18.9 Å². The first-order valence-electron chi connectivity index (χ1n) is 4.49. The van der Waals surface area contributed by atoms with Crippen molar-refractivity contribution in [2.75, 3.05) is 5.88 Å². The van der Waals surface area contributed by atoms with E-state index in [1.165, 1.54) is 6.07 Å². The normalized spacial score (nSPS) is 12.3. The van der Waals surface area contributed by atoms with Crippen LogP contribution in [0, 0.1) is 11.3 Å². The fourth-order valence-electron chi connectivity index (χ4n) is 1.17. The molecule has 0 radical (unpaired) electrons. The third-order valence-electron chi connectivity index (χ3n) is 1.89. The van der Waals surface area contributed by atoms with Gasteiger partial charge in [-0.3, -0.25) is 0 Å². The van der Waals surface area contributed by atoms with Crippen LogP contribution in [0.3, 0.4) is 0 Å². The summed E-state index contributed by atoms with van der Waals surface area (Å²) in [5.41, 5.74) is 3.76. The predicted molar refractivity (Wildman–Crippen MR) is 65.9 cm³/mol. The van der Waals surface area contributed by atoms with Crippen LogP contribution in [0.15, 0.2) is 21.6 Å². The van der Waals surface area contributed by atoms with Gasteiger partial charge in [-0.25, -0.2) is 4.99 Å². The van der Waals surface area contributed by atoms with Crippen LogP contribution >= 0.6 is 27.5 Å². The number of benzene rings is 1. The fourth-order valence-corrected chi connectivity index (χ4v) is 1.78. The number of halogens is 5. The zero-order valence-electron chi connectivity index (χ0n) is 8.72. The predicted octanol–water partition coefficient (Wildman–Crippen LogP) is 3.57. The van der Waals surface area contributed by atoms with Gasteiger partial charge in [0.05, 0.1) is 28.8 Å². The number of hydrogen-bond donors (Lipinski definition) is 1. The van der Waals surface area contributed by atoms with Crippen molar-refractivity contribution < 1.29 is 13.2 Å². The van der Waals surface area contributed by atoms with E-state index in [1.54, 1.807) is 6.07 Å². The van der Waals surface area contributed by atoms with Gasteiger partial charge < -0.3 is 5.73 Å². The molecule has 0 aliphatic rings. The maximum atomic E-state index is 12.8. The van der Waals surface area contributed by atoms with Crippen LogP contribution in [0.25, 0.3) is 0 Å². The van der Waals surface area contributed by atoms with E-state index in [0.717, 1.165) is 0 Å². The van der Waals surface area contributed by atoms with Gasteiger partial charge in [-0.2, -0.15) is 18.4 Å². The average Bonchev–Trinajstić information content (AvgIpc) is 2.29.